The van der Waals surface area contributed by atoms with Crippen molar-refractivity contribution in [2.45, 2.75) is 5.38 Å². The second-order valence-electron chi connectivity index (χ2n) is 3.91. The van der Waals surface area contributed by atoms with Crippen LogP contribution in [0.4, 0.5) is 0 Å². The van der Waals surface area contributed by atoms with Crippen LogP contribution >= 0.6 is 50.7 Å². The SMILES string of the molecule is COc1cc(Br)ccc1C(Cl)c1ccc(Cl)cc1Cl. The number of hydrogen-bond acceptors (Lipinski definition) is 1. The number of methoxy groups -OCH3 is 1. The molecule has 0 aliphatic carbocycles. The lowest BCUT2D eigenvalue weighted by molar-refractivity contribution is 0.410. The average Bonchev–Trinajstić information content (AvgIpc) is 2.37. The lowest BCUT2D eigenvalue weighted by Gasteiger charge is -2.16. The zero-order chi connectivity index (χ0) is 14.0. The summed E-state index contributed by atoms with van der Waals surface area (Å²) in [5, 5.41) is 0.727. The van der Waals surface area contributed by atoms with Gasteiger partial charge in [-0.25, -0.2) is 0 Å². The van der Waals surface area contributed by atoms with Crippen LogP contribution in [0, 0.1) is 0 Å². The van der Waals surface area contributed by atoms with Crippen LogP contribution in [-0.2, 0) is 0 Å². The van der Waals surface area contributed by atoms with Gasteiger partial charge in [0, 0.05) is 20.1 Å². The Kier molecular flexibility index (Phi) is 5.02. The Morgan fingerprint density at radius 2 is 1.74 bits per heavy atom. The molecule has 0 aliphatic rings. The third-order valence-corrected chi connectivity index (χ3v) is 4.23. The third-order valence-electron chi connectivity index (χ3n) is 2.70. The predicted molar refractivity (Wildman–Crippen MR) is 84.9 cm³/mol. The van der Waals surface area contributed by atoms with Crippen molar-refractivity contribution in [2.24, 2.45) is 0 Å². The number of ether oxygens (including phenoxy) is 1. The van der Waals surface area contributed by atoms with E-state index in [9.17, 15) is 0 Å². The standard InChI is InChI=1S/C14H10BrCl3O/c1-19-13-6-8(15)2-4-11(13)14(18)10-5-3-9(16)7-12(10)17/h2-7,14H,1H3. The van der Waals surface area contributed by atoms with Gasteiger partial charge in [-0.15, -0.1) is 11.6 Å². The Bertz CT molecular complexity index is 601. The van der Waals surface area contributed by atoms with Crippen LogP contribution in [0.1, 0.15) is 16.5 Å². The first-order chi connectivity index (χ1) is 9.02. The number of hydrogen-bond donors (Lipinski definition) is 0. The van der Waals surface area contributed by atoms with Crippen LogP contribution in [0.2, 0.25) is 10.0 Å². The first kappa shape index (κ1) is 15.0. The van der Waals surface area contributed by atoms with Crippen molar-refractivity contribution in [1.29, 1.82) is 0 Å². The van der Waals surface area contributed by atoms with Crippen LogP contribution in [0.5, 0.6) is 5.75 Å². The normalized spacial score (nSPS) is 12.3. The summed E-state index contributed by atoms with van der Waals surface area (Å²) in [5.41, 5.74) is 1.66. The fraction of sp³-hybridized carbons (Fsp3) is 0.143. The fourth-order valence-electron chi connectivity index (χ4n) is 1.77. The summed E-state index contributed by atoms with van der Waals surface area (Å²) >= 11 is 22.0. The van der Waals surface area contributed by atoms with E-state index in [0.717, 1.165) is 15.6 Å². The van der Waals surface area contributed by atoms with Gasteiger partial charge in [-0.2, -0.15) is 0 Å². The molecule has 1 unspecified atom stereocenters. The average molecular weight is 380 g/mol. The largest absolute Gasteiger partial charge is 0.496 e. The van der Waals surface area contributed by atoms with E-state index in [0.29, 0.717) is 15.8 Å². The van der Waals surface area contributed by atoms with Crippen molar-refractivity contribution in [1.82, 2.24) is 0 Å². The molecule has 0 spiro atoms. The van der Waals surface area contributed by atoms with E-state index >= 15 is 0 Å². The molecule has 0 aromatic heterocycles. The highest BCUT2D eigenvalue weighted by molar-refractivity contribution is 9.10. The maximum Gasteiger partial charge on any atom is 0.125 e. The van der Waals surface area contributed by atoms with E-state index in [1.165, 1.54) is 0 Å². The summed E-state index contributed by atoms with van der Waals surface area (Å²) in [7, 11) is 1.61. The van der Waals surface area contributed by atoms with Gasteiger partial charge in [-0.3, -0.25) is 0 Å². The Morgan fingerprint density at radius 1 is 1.05 bits per heavy atom. The summed E-state index contributed by atoms with van der Waals surface area (Å²) in [4.78, 5) is 0. The molecule has 0 radical (unpaired) electrons. The molecule has 0 saturated carbocycles. The quantitative estimate of drug-likeness (QED) is 0.585. The minimum Gasteiger partial charge on any atom is -0.496 e. The van der Waals surface area contributed by atoms with Crippen LogP contribution in [0.3, 0.4) is 0 Å². The van der Waals surface area contributed by atoms with Gasteiger partial charge in [0.15, 0.2) is 0 Å². The van der Waals surface area contributed by atoms with Gasteiger partial charge in [-0.1, -0.05) is 51.3 Å². The van der Waals surface area contributed by atoms with Crippen LogP contribution in [0.15, 0.2) is 40.9 Å². The van der Waals surface area contributed by atoms with E-state index in [1.54, 1.807) is 19.2 Å². The maximum absolute atomic E-state index is 6.50. The Balaban J connectivity index is 2.46. The Morgan fingerprint density at radius 3 is 2.37 bits per heavy atom. The molecule has 100 valence electrons. The highest BCUT2D eigenvalue weighted by Gasteiger charge is 2.18. The summed E-state index contributed by atoms with van der Waals surface area (Å²) in [6.45, 7) is 0. The van der Waals surface area contributed by atoms with E-state index in [-0.39, 0.29) is 0 Å². The predicted octanol–water partition coefficient (Wildman–Crippen LogP) is 6.09. The maximum atomic E-state index is 6.50. The molecule has 0 saturated heterocycles. The summed E-state index contributed by atoms with van der Waals surface area (Å²) < 4.78 is 6.28. The number of alkyl halides is 1. The third kappa shape index (κ3) is 3.38. The summed E-state index contributed by atoms with van der Waals surface area (Å²) in [5.74, 6) is 0.709. The lowest BCUT2D eigenvalue weighted by Crippen LogP contribution is -1.98. The zero-order valence-corrected chi connectivity index (χ0v) is 13.8. The van der Waals surface area contributed by atoms with E-state index < -0.39 is 5.38 Å². The van der Waals surface area contributed by atoms with Crippen molar-refractivity contribution < 1.29 is 4.74 Å². The van der Waals surface area contributed by atoms with Gasteiger partial charge in [-0.05, 0) is 29.8 Å². The van der Waals surface area contributed by atoms with Gasteiger partial charge in [0.2, 0.25) is 0 Å². The Hall–Kier alpha value is -0.410. The molecule has 0 heterocycles. The van der Waals surface area contributed by atoms with Crippen molar-refractivity contribution in [3.8, 4) is 5.75 Å². The lowest BCUT2D eigenvalue weighted by atomic mass is 10.0. The molecule has 0 amide bonds. The monoisotopic (exact) mass is 378 g/mol. The van der Waals surface area contributed by atoms with E-state index in [2.05, 4.69) is 15.9 Å². The van der Waals surface area contributed by atoms with Gasteiger partial charge in [0.05, 0.1) is 12.5 Å². The first-order valence-corrected chi connectivity index (χ1v) is 7.44. The molecule has 1 nitrogen and oxygen atoms in total. The first-order valence-electron chi connectivity index (χ1n) is 5.45. The summed E-state index contributed by atoms with van der Waals surface area (Å²) in [6.07, 6.45) is 0. The van der Waals surface area contributed by atoms with Crippen LogP contribution < -0.4 is 4.74 Å². The topological polar surface area (TPSA) is 9.23 Å². The molecule has 0 bridgehead atoms. The molecule has 2 aromatic rings. The molecular formula is C14H10BrCl3O. The van der Waals surface area contributed by atoms with E-state index in [1.807, 2.05) is 24.3 Å². The highest BCUT2D eigenvalue weighted by Crippen LogP contribution is 2.39. The Labute approximate surface area is 135 Å². The smallest absolute Gasteiger partial charge is 0.125 e. The molecule has 2 aromatic carbocycles. The van der Waals surface area contributed by atoms with Crippen LogP contribution in [-0.4, -0.2) is 7.11 Å². The zero-order valence-electron chi connectivity index (χ0n) is 9.96. The minimum atomic E-state index is -0.396. The van der Waals surface area contributed by atoms with Crippen molar-refractivity contribution in [2.75, 3.05) is 7.11 Å². The van der Waals surface area contributed by atoms with E-state index in [4.69, 9.17) is 39.5 Å². The van der Waals surface area contributed by atoms with Gasteiger partial charge in [0.25, 0.3) is 0 Å². The second-order valence-corrected chi connectivity index (χ2v) is 6.11. The molecule has 0 fully saturated rings. The fourth-order valence-corrected chi connectivity index (χ4v) is 3.05. The molecular weight excluding hydrogens is 370 g/mol. The second kappa shape index (κ2) is 6.36. The van der Waals surface area contributed by atoms with Crippen molar-refractivity contribution >= 4 is 50.7 Å². The molecule has 0 N–H and O–H groups in total. The van der Waals surface area contributed by atoms with Gasteiger partial charge >= 0.3 is 0 Å². The number of rotatable bonds is 3. The molecule has 2 rings (SSSR count). The van der Waals surface area contributed by atoms with Gasteiger partial charge < -0.3 is 4.74 Å². The molecule has 5 heteroatoms. The minimum absolute atomic E-state index is 0.396. The van der Waals surface area contributed by atoms with Gasteiger partial charge in [0.1, 0.15) is 5.75 Å². The molecule has 19 heavy (non-hydrogen) atoms. The van der Waals surface area contributed by atoms with Crippen molar-refractivity contribution in [3.05, 3.63) is 62.0 Å². The van der Waals surface area contributed by atoms with Crippen molar-refractivity contribution in [3.63, 3.8) is 0 Å². The number of benzene rings is 2. The molecule has 0 aliphatic heterocycles. The highest BCUT2D eigenvalue weighted by atomic mass is 79.9. The van der Waals surface area contributed by atoms with Crippen LogP contribution in [0.25, 0.3) is 0 Å². The molecule has 1 atom stereocenters. The summed E-state index contributed by atoms with van der Waals surface area (Å²) in [6, 6.07) is 11.0. The number of halogens is 4.